The topological polar surface area (TPSA) is 37.9 Å². The fourth-order valence-corrected chi connectivity index (χ4v) is 4.42. The first kappa shape index (κ1) is 22.7. The van der Waals surface area contributed by atoms with Crippen LogP contribution in [0, 0.1) is 23.5 Å². The normalized spacial score (nSPS) is 13.4. The Bertz CT molecular complexity index is 1510. The monoisotopic (exact) mass is 514 g/mol. The first-order valence-corrected chi connectivity index (χ1v) is 11.3. The molecule has 2 heterocycles. The number of H-pyrrole nitrogens is 1. The van der Waals surface area contributed by atoms with Crippen LogP contribution in [0.25, 0.3) is 22.6 Å². The highest BCUT2D eigenvalue weighted by molar-refractivity contribution is 6.34. The fraction of sp³-hybridized carbons (Fsp3) is 0.115. The SMILES string of the molecule is CC1(C)Oc2cc(C#Cc3cc(Cl)c(F)cc3Cl)ccc2-c2nc(-c3c(F)cccc3Cl)[nH]c21. The number of nitrogens with one attached hydrogen (secondary N) is 1. The number of aromatic nitrogens is 2. The Labute approximate surface area is 209 Å². The maximum absolute atomic E-state index is 14.5. The summed E-state index contributed by atoms with van der Waals surface area (Å²) in [6, 6.07) is 12.4. The Balaban J connectivity index is 1.57. The predicted octanol–water partition coefficient (Wildman–Crippen LogP) is 8.01. The van der Waals surface area contributed by atoms with Gasteiger partial charge in [0.1, 0.15) is 28.8 Å². The van der Waals surface area contributed by atoms with Gasteiger partial charge >= 0.3 is 0 Å². The number of hydrogen-bond acceptors (Lipinski definition) is 2. The van der Waals surface area contributed by atoms with Gasteiger partial charge in [0.25, 0.3) is 0 Å². The summed E-state index contributed by atoms with van der Waals surface area (Å²) in [5.74, 6) is 5.74. The van der Waals surface area contributed by atoms with Crippen molar-refractivity contribution in [2.45, 2.75) is 19.4 Å². The largest absolute Gasteiger partial charge is 0.481 e. The first-order valence-electron chi connectivity index (χ1n) is 10.2. The van der Waals surface area contributed by atoms with Crippen molar-refractivity contribution in [2.75, 3.05) is 0 Å². The minimum absolute atomic E-state index is 0.0546. The number of nitrogens with zero attached hydrogens (tertiary/aromatic N) is 1. The number of ether oxygens (including phenoxy) is 1. The van der Waals surface area contributed by atoms with Crippen LogP contribution in [-0.4, -0.2) is 9.97 Å². The van der Waals surface area contributed by atoms with E-state index in [9.17, 15) is 8.78 Å². The molecule has 8 heteroatoms. The highest BCUT2D eigenvalue weighted by Gasteiger charge is 2.36. The third-order valence-corrected chi connectivity index (χ3v) is 6.38. The number of aromatic amines is 1. The van der Waals surface area contributed by atoms with Crippen LogP contribution < -0.4 is 4.74 Å². The van der Waals surface area contributed by atoms with E-state index in [1.807, 2.05) is 19.9 Å². The molecular weight excluding hydrogens is 501 g/mol. The Morgan fingerprint density at radius 2 is 1.71 bits per heavy atom. The number of rotatable bonds is 1. The molecule has 0 aliphatic carbocycles. The van der Waals surface area contributed by atoms with Gasteiger partial charge in [0.2, 0.25) is 0 Å². The third kappa shape index (κ3) is 3.92. The smallest absolute Gasteiger partial charge is 0.145 e. The van der Waals surface area contributed by atoms with E-state index in [0.29, 0.717) is 34.1 Å². The van der Waals surface area contributed by atoms with Crippen molar-refractivity contribution < 1.29 is 13.5 Å². The number of fused-ring (bicyclic) bond motifs is 3. The molecular formula is C26H15Cl3F2N2O. The molecule has 4 aromatic rings. The maximum Gasteiger partial charge on any atom is 0.145 e. The van der Waals surface area contributed by atoms with Gasteiger partial charge in [-0.2, -0.15) is 0 Å². The Hall–Kier alpha value is -3.04. The van der Waals surface area contributed by atoms with Crippen molar-refractivity contribution in [3.05, 3.63) is 92.1 Å². The van der Waals surface area contributed by atoms with E-state index in [1.165, 1.54) is 12.1 Å². The lowest BCUT2D eigenvalue weighted by molar-refractivity contribution is 0.101. The van der Waals surface area contributed by atoms with Gasteiger partial charge in [-0.25, -0.2) is 13.8 Å². The Morgan fingerprint density at radius 3 is 2.47 bits per heavy atom. The van der Waals surface area contributed by atoms with Crippen molar-refractivity contribution in [3.63, 3.8) is 0 Å². The second-order valence-corrected chi connectivity index (χ2v) is 9.45. The van der Waals surface area contributed by atoms with Gasteiger partial charge in [0.15, 0.2) is 0 Å². The summed E-state index contributed by atoms with van der Waals surface area (Å²) in [6.45, 7) is 3.77. The molecule has 0 bridgehead atoms. The minimum atomic E-state index is -0.773. The van der Waals surface area contributed by atoms with Crippen LogP contribution in [0.2, 0.25) is 15.1 Å². The summed E-state index contributed by atoms with van der Waals surface area (Å²) < 4.78 is 34.3. The lowest BCUT2D eigenvalue weighted by atomic mass is 9.94. The summed E-state index contributed by atoms with van der Waals surface area (Å²) in [4.78, 5) is 7.86. The molecule has 0 atom stereocenters. The first-order chi connectivity index (χ1) is 16.1. The van der Waals surface area contributed by atoms with Gasteiger partial charge in [0.05, 0.1) is 32.0 Å². The molecule has 0 saturated heterocycles. The summed E-state index contributed by atoms with van der Waals surface area (Å²) in [5.41, 5.74) is 2.58. The molecule has 0 radical (unpaired) electrons. The number of hydrogen-bond donors (Lipinski definition) is 1. The molecule has 0 amide bonds. The zero-order valence-electron chi connectivity index (χ0n) is 17.9. The molecule has 1 aliphatic heterocycles. The highest BCUT2D eigenvalue weighted by atomic mass is 35.5. The van der Waals surface area contributed by atoms with E-state index in [4.69, 9.17) is 39.5 Å². The molecule has 3 nitrogen and oxygen atoms in total. The van der Waals surface area contributed by atoms with Crippen LogP contribution in [0.4, 0.5) is 8.78 Å². The Morgan fingerprint density at radius 1 is 0.912 bits per heavy atom. The van der Waals surface area contributed by atoms with Crippen molar-refractivity contribution in [2.24, 2.45) is 0 Å². The van der Waals surface area contributed by atoms with Gasteiger partial charge in [-0.1, -0.05) is 52.7 Å². The van der Waals surface area contributed by atoms with Crippen LogP contribution in [-0.2, 0) is 5.60 Å². The average molecular weight is 516 g/mol. The standard InChI is InChI=1S/C26H15Cl3F2N2O/c1-26(2)24-23(32-25(33-24)22-16(27)4-3-5-19(22)30)15-9-7-13(10-21(15)34-26)6-8-14-11-18(29)20(31)12-17(14)28/h3-5,7,9-12H,1-2H3,(H,32,33). The summed E-state index contributed by atoms with van der Waals surface area (Å²) in [6.07, 6.45) is 0. The predicted molar refractivity (Wildman–Crippen MR) is 130 cm³/mol. The van der Waals surface area contributed by atoms with E-state index in [1.54, 1.807) is 24.3 Å². The molecule has 1 N–H and O–H groups in total. The quantitative estimate of drug-likeness (QED) is 0.206. The van der Waals surface area contributed by atoms with Gasteiger partial charge in [-0.3, -0.25) is 0 Å². The van der Waals surface area contributed by atoms with Crippen LogP contribution in [0.5, 0.6) is 5.75 Å². The molecule has 0 unspecified atom stereocenters. The third-order valence-electron chi connectivity index (χ3n) is 5.46. The van der Waals surface area contributed by atoms with Crippen LogP contribution >= 0.6 is 34.8 Å². The lowest BCUT2D eigenvalue weighted by Crippen LogP contribution is -2.29. The minimum Gasteiger partial charge on any atom is -0.481 e. The van der Waals surface area contributed by atoms with Crippen molar-refractivity contribution in [3.8, 4) is 40.2 Å². The van der Waals surface area contributed by atoms with Gasteiger partial charge in [-0.15, -0.1) is 0 Å². The lowest BCUT2D eigenvalue weighted by Gasteiger charge is -2.31. The van der Waals surface area contributed by atoms with E-state index >= 15 is 0 Å². The van der Waals surface area contributed by atoms with E-state index < -0.39 is 17.2 Å². The van der Waals surface area contributed by atoms with Crippen molar-refractivity contribution in [1.29, 1.82) is 0 Å². The van der Waals surface area contributed by atoms with E-state index in [-0.39, 0.29) is 20.6 Å². The van der Waals surface area contributed by atoms with Crippen molar-refractivity contribution in [1.82, 2.24) is 9.97 Å². The highest BCUT2D eigenvalue weighted by Crippen LogP contribution is 2.45. The molecule has 1 aliphatic rings. The van der Waals surface area contributed by atoms with Crippen LogP contribution in [0.15, 0.2) is 48.5 Å². The zero-order valence-corrected chi connectivity index (χ0v) is 20.1. The van der Waals surface area contributed by atoms with Gasteiger partial charge < -0.3 is 9.72 Å². The second kappa shape index (κ2) is 8.32. The zero-order chi connectivity index (χ0) is 24.2. The molecule has 1 aromatic heterocycles. The van der Waals surface area contributed by atoms with Crippen LogP contribution in [0.3, 0.4) is 0 Å². The molecule has 34 heavy (non-hydrogen) atoms. The molecule has 5 rings (SSSR count). The summed E-state index contributed by atoms with van der Waals surface area (Å²) in [5, 5.41) is 0.376. The molecule has 0 saturated carbocycles. The number of imidazole rings is 1. The molecule has 0 fully saturated rings. The van der Waals surface area contributed by atoms with Gasteiger partial charge in [0, 0.05) is 16.7 Å². The fourth-order valence-electron chi connectivity index (χ4n) is 3.81. The maximum atomic E-state index is 14.5. The van der Waals surface area contributed by atoms with Gasteiger partial charge in [-0.05, 0) is 56.3 Å². The van der Waals surface area contributed by atoms with E-state index in [2.05, 4.69) is 21.8 Å². The van der Waals surface area contributed by atoms with E-state index in [0.717, 1.165) is 11.6 Å². The summed E-state index contributed by atoms with van der Waals surface area (Å²) >= 11 is 18.2. The molecule has 170 valence electrons. The van der Waals surface area contributed by atoms with Crippen LogP contribution in [0.1, 0.15) is 30.7 Å². The molecule has 0 spiro atoms. The Kier molecular flexibility index (Phi) is 5.56. The average Bonchev–Trinajstić information content (AvgIpc) is 3.21. The number of benzene rings is 3. The van der Waals surface area contributed by atoms with Crippen molar-refractivity contribution >= 4 is 34.8 Å². The second-order valence-electron chi connectivity index (χ2n) is 8.23. The molecule has 3 aromatic carbocycles. The summed E-state index contributed by atoms with van der Waals surface area (Å²) in [7, 11) is 0. The number of halogens is 5.